The molecule has 0 amide bonds. The Balaban J connectivity index is 2.17. The molecule has 1 N–H and O–H groups in total. The van der Waals surface area contributed by atoms with Crippen LogP contribution >= 0.6 is 0 Å². The number of aromatic nitrogens is 1. The van der Waals surface area contributed by atoms with E-state index >= 15 is 0 Å². The summed E-state index contributed by atoms with van der Waals surface area (Å²) in [5.74, 6) is 1.50. The molecule has 0 bridgehead atoms. The van der Waals surface area contributed by atoms with Gasteiger partial charge in [-0.15, -0.1) is 0 Å². The van der Waals surface area contributed by atoms with Crippen molar-refractivity contribution in [1.82, 2.24) is 15.2 Å². The molecule has 112 valence electrons. The number of hydrogen-bond acceptors (Lipinski definition) is 5. The average molecular weight is 279 g/mol. The van der Waals surface area contributed by atoms with Crippen molar-refractivity contribution in [1.29, 1.82) is 0 Å². The first-order valence-electron chi connectivity index (χ1n) is 7.30. The van der Waals surface area contributed by atoms with E-state index in [1.807, 2.05) is 6.07 Å². The predicted octanol–water partition coefficient (Wildman–Crippen LogP) is 1.67. The van der Waals surface area contributed by atoms with Crippen molar-refractivity contribution < 1.29 is 9.47 Å². The van der Waals surface area contributed by atoms with E-state index in [9.17, 15) is 0 Å². The fourth-order valence-corrected chi connectivity index (χ4v) is 2.78. The molecule has 1 unspecified atom stereocenters. The van der Waals surface area contributed by atoms with Gasteiger partial charge in [0.05, 0.1) is 14.2 Å². The molecule has 1 aliphatic heterocycles. The Hall–Kier alpha value is -1.33. The fraction of sp³-hybridized carbons (Fsp3) is 0.667. The van der Waals surface area contributed by atoms with Gasteiger partial charge in [-0.2, -0.15) is 0 Å². The Bertz CT molecular complexity index is 420. The van der Waals surface area contributed by atoms with E-state index < -0.39 is 0 Å². The molecule has 5 nitrogen and oxygen atoms in total. The quantitative estimate of drug-likeness (QED) is 0.822. The lowest BCUT2D eigenvalue weighted by molar-refractivity contribution is 0.194. The molecule has 1 aromatic rings. The van der Waals surface area contributed by atoms with Crippen molar-refractivity contribution in [2.24, 2.45) is 0 Å². The second kappa shape index (κ2) is 7.45. The molecule has 1 fully saturated rings. The smallest absolute Gasteiger partial charge is 0.183 e. The molecule has 0 aliphatic carbocycles. The average Bonchev–Trinajstić information content (AvgIpc) is 3.00. The number of pyridine rings is 1. The highest BCUT2D eigenvalue weighted by molar-refractivity contribution is 5.42. The molecule has 20 heavy (non-hydrogen) atoms. The molecule has 2 rings (SSSR count). The summed E-state index contributed by atoms with van der Waals surface area (Å²) in [7, 11) is 3.33. The second-order valence-electron chi connectivity index (χ2n) is 5.11. The summed E-state index contributed by atoms with van der Waals surface area (Å²) < 4.78 is 10.8. The number of hydrogen-bond donors (Lipinski definition) is 1. The van der Waals surface area contributed by atoms with Crippen molar-refractivity contribution in [2.45, 2.75) is 32.4 Å². The minimum atomic E-state index is 0.590. The molecule has 2 heterocycles. The maximum absolute atomic E-state index is 5.48. The first kappa shape index (κ1) is 15.1. The van der Waals surface area contributed by atoms with Gasteiger partial charge in [0.2, 0.25) is 0 Å². The summed E-state index contributed by atoms with van der Waals surface area (Å²) in [5.41, 5.74) is 0.951. The van der Waals surface area contributed by atoms with E-state index in [0.717, 1.165) is 49.8 Å². The summed E-state index contributed by atoms with van der Waals surface area (Å²) >= 11 is 0. The van der Waals surface area contributed by atoms with Crippen molar-refractivity contribution in [3.8, 4) is 11.5 Å². The lowest BCUT2D eigenvalue weighted by Gasteiger charge is -2.28. The van der Waals surface area contributed by atoms with Gasteiger partial charge in [-0.05, 0) is 25.9 Å². The summed E-state index contributed by atoms with van der Waals surface area (Å²) in [6.07, 6.45) is 4.13. The zero-order valence-electron chi connectivity index (χ0n) is 12.7. The Morgan fingerprint density at radius 1 is 1.40 bits per heavy atom. The number of nitrogens with zero attached hydrogens (tertiary/aromatic N) is 2. The minimum absolute atomic E-state index is 0.590. The second-order valence-corrected chi connectivity index (χ2v) is 5.11. The van der Waals surface area contributed by atoms with Gasteiger partial charge in [0, 0.05) is 31.4 Å². The Morgan fingerprint density at radius 2 is 2.25 bits per heavy atom. The molecular weight excluding hydrogens is 254 g/mol. The summed E-state index contributed by atoms with van der Waals surface area (Å²) in [6, 6.07) is 2.43. The maximum Gasteiger partial charge on any atom is 0.183 e. The molecule has 1 aliphatic rings. The van der Waals surface area contributed by atoms with E-state index in [1.165, 1.54) is 6.42 Å². The van der Waals surface area contributed by atoms with E-state index in [0.29, 0.717) is 6.04 Å². The molecule has 5 heteroatoms. The van der Waals surface area contributed by atoms with Crippen LogP contribution in [0.15, 0.2) is 12.3 Å². The molecule has 0 aromatic carbocycles. The third kappa shape index (κ3) is 3.41. The van der Waals surface area contributed by atoms with E-state index in [-0.39, 0.29) is 0 Å². The molecule has 0 saturated carbocycles. The maximum atomic E-state index is 5.48. The standard InChI is InChI=1S/C15H25N3O2/c1-4-9-18(12-5-7-16-10-12)11-13-15(20-3)14(19-2)6-8-17-13/h6,8,12,16H,4-5,7,9-11H2,1-3H3. The third-order valence-corrected chi connectivity index (χ3v) is 3.78. The lowest BCUT2D eigenvalue weighted by Crippen LogP contribution is -2.37. The van der Waals surface area contributed by atoms with Crippen LogP contribution in [0.25, 0.3) is 0 Å². The normalized spacial score (nSPS) is 18.5. The summed E-state index contributed by atoms with van der Waals surface area (Å²) in [5, 5.41) is 3.43. The van der Waals surface area contributed by atoms with Gasteiger partial charge in [-0.25, -0.2) is 0 Å². The topological polar surface area (TPSA) is 46.6 Å². The Labute approximate surface area is 121 Å². The Kier molecular flexibility index (Phi) is 5.61. The number of nitrogens with one attached hydrogen (secondary N) is 1. The van der Waals surface area contributed by atoms with Crippen LogP contribution in [0.3, 0.4) is 0 Å². The van der Waals surface area contributed by atoms with Crippen molar-refractivity contribution in [2.75, 3.05) is 33.9 Å². The molecular formula is C15H25N3O2. The van der Waals surface area contributed by atoms with Gasteiger partial charge in [0.1, 0.15) is 5.69 Å². The van der Waals surface area contributed by atoms with Gasteiger partial charge >= 0.3 is 0 Å². The summed E-state index contributed by atoms with van der Waals surface area (Å²) in [4.78, 5) is 6.97. The molecule has 0 spiro atoms. The van der Waals surface area contributed by atoms with Crippen LogP contribution < -0.4 is 14.8 Å². The first-order valence-corrected chi connectivity index (χ1v) is 7.30. The van der Waals surface area contributed by atoms with Crippen LogP contribution in [0.2, 0.25) is 0 Å². The minimum Gasteiger partial charge on any atom is -0.493 e. The van der Waals surface area contributed by atoms with Gasteiger partial charge in [0.15, 0.2) is 11.5 Å². The van der Waals surface area contributed by atoms with Gasteiger partial charge in [-0.3, -0.25) is 9.88 Å². The van der Waals surface area contributed by atoms with Gasteiger partial charge in [-0.1, -0.05) is 6.92 Å². The van der Waals surface area contributed by atoms with Gasteiger partial charge in [0.25, 0.3) is 0 Å². The van der Waals surface area contributed by atoms with Crippen LogP contribution in [0, 0.1) is 0 Å². The fourth-order valence-electron chi connectivity index (χ4n) is 2.78. The molecule has 0 radical (unpaired) electrons. The molecule has 1 atom stereocenters. The van der Waals surface area contributed by atoms with Crippen LogP contribution in [0.5, 0.6) is 11.5 Å². The molecule has 1 saturated heterocycles. The zero-order valence-corrected chi connectivity index (χ0v) is 12.7. The zero-order chi connectivity index (χ0) is 14.4. The van der Waals surface area contributed by atoms with Crippen LogP contribution in [0.4, 0.5) is 0 Å². The highest BCUT2D eigenvalue weighted by Crippen LogP contribution is 2.30. The van der Waals surface area contributed by atoms with Crippen LogP contribution in [-0.4, -0.2) is 49.8 Å². The number of rotatable bonds is 7. The van der Waals surface area contributed by atoms with Crippen LogP contribution in [0.1, 0.15) is 25.5 Å². The lowest BCUT2D eigenvalue weighted by atomic mass is 10.2. The number of ether oxygens (including phenoxy) is 2. The first-order chi connectivity index (χ1) is 9.80. The van der Waals surface area contributed by atoms with Crippen molar-refractivity contribution in [3.05, 3.63) is 18.0 Å². The number of methoxy groups -OCH3 is 2. The SMILES string of the molecule is CCCN(Cc1nccc(OC)c1OC)C1CCNC1. The van der Waals surface area contributed by atoms with E-state index in [2.05, 4.69) is 22.1 Å². The predicted molar refractivity (Wildman–Crippen MR) is 79.3 cm³/mol. The highest BCUT2D eigenvalue weighted by Gasteiger charge is 2.23. The highest BCUT2D eigenvalue weighted by atomic mass is 16.5. The van der Waals surface area contributed by atoms with Crippen LogP contribution in [-0.2, 0) is 6.54 Å². The van der Waals surface area contributed by atoms with Crippen molar-refractivity contribution >= 4 is 0 Å². The van der Waals surface area contributed by atoms with E-state index in [4.69, 9.17) is 9.47 Å². The van der Waals surface area contributed by atoms with Gasteiger partial charge < -0.3 is 14.8 Å². The molecule has 1 aromatic heterocycles. The van der Waals surface area contributed by atoms with Crippen molar-refractivity contribution in [3.63, 3.8) is 0 Å². The van der Waals surface area contributed by atoms with E-state index in [1.54, 1.807) is 20.4 Å². The Morgan fingerprint density at radius 3 is 2.85 bits per heavy atom. The third-order valence-electron chi connectivity index (χ3n) is 3.78. The largest absolute Gasteiger partial charge is 0.493 e. The summed E-state index contributed by atoms with van der Waals surface area (Å²) in [6.45, 7) is 6.26. The monoisotopic (exact) mass is 279 g/mol.